The van der Waals surface area contributed by atoms with Gasteiger partial charge in [0.25, 0.3) is 0 Å². The van der Waals surface area contributed by atoms with E-state index < -0.39 is 11.6 Å². The van der Waals surface area contributed by atoms with Gasteiger partial charge in [-0.3, -0.25) is 4.79 Å². The summed E-state index contributed by atoms with van der Waals surface area (Å²) in [6.45, 7) is 4.65. The summed E-state index contributed by atoms with van der Waals surface area (Å²) in [5, 5.41) is 0. The number of hydrogen-bond donors (Lipinski definition) is 0. The molecule has 5 rings (SSSR count). The summed E-state index contributed by atoms with van der Waals surface area (Å²) in [5.74, 6) is 1.21. The average molecular weight is 569 g/mol. The first kappa shape index (κ1) is 29.8. The van der Waals surface area contributed by atoms with E-state index in [2.05, 4.69) is 19.1 Å². The molecule has 0 aromatic heterocycles. The molecular weight excluding hydrogens is 522 g/mol. The average Bonchev–Trinajstić information content (AvgIpc) is 3.00. The molecule has 2 aromatic rings. The molecule has 4 atom stereocenters. The van der Waals surface area contributed by atoms with Crippen molar-refractivity contribution in [1.29, 1.82) is 0 Å². The molecule has 6 heteroatoms. The number of carbonyl (C=O) groups excluding carboxylic acids is 1. The minimum Gasteiger partial charge on any atom is -0.491 e. The molecule has 0 heterocycles. The second kappa shape index (κ2) is 14.0. The van der Waals surface area contributed by atoms with Gasteiger partial charge in [-0.05, 0) is 131 Å². The standard InChI is InChI=1S/C35H46F2O4/c1-3-5-23-6-9-25(10-7-23)26-14-16-30(17-15-26)41-35(38)29-13-12-27-20-24(8-11-28(27)21-29)22-40-32-19-18-31(39-4-2)33(36)34(32)37/h14-19,23-25,27-29H,3-13,20-22H2,1-2H3. The Morgan fingerprint density at radius 3 is 2.07 bits per heavy atom. The Bertz CT molecular complexity index is 1140. The van der Waals surface area contributed by atoms with Gasteiger partial charge in [-0.1, -0.05) is 31.9 Å². The molecule has 0 spiro atoms. The predicted molar refractivity (Wildman–Crippen MR) is 156 cm³/mol. The summed E-state index contributed by atoms with van der Waals surface area (Å²) in [7, 11) is 0. The summed E-state index contributed by atoms with van der Waals surface area (Å²) in [4.78, 5) is 13.1. The second-order valence-corrected chi connectivity index (χ2v) is 12.6. The number of halogens is 2. The topological polar surface area (TPSA) is 44.8 Å². The number of esters is 1. The SMILES string of the molecule is CCCC1CCC(c2ccc(OC(=O)C3CCC4CC(COc5ccc(OCC)c(F)c5F)CCC4C3)cc2)CC1. The van der Waals surface area contributed by atoms with Gasteiger partial charge in [0.15, 0.2) is 11.5 Å². The highest BCUT2D eigenvalue weighted by molar-refractivity contribution is 5.75. The van der Waals surface area contributed by atoms with Crippen LogP contribution in [0.25, 0.3) is 0 Å². The van der Waals surface area contributed by atoms with E-state index in [0.29, 0.717) is 36.0 Å². The lowest BCUT2D eigenvalue weighted by Crippen LogP contribution is -2.36. The van der Waals surface area contributed by atoms with E-state index in [1.54, 1.807) is 6.92 Å². The Hall–Kier alpha value is -2.63. The lowest BCUT2D eigenvalue weighted by molar-refractivity contribution is -0.141. The normalized spacial score (nSPS) is 28.0. The number of fused-ring (bicyclic) bond motifs is 1. The quantitative estimate of drug-likeness (QED) is 0.212. The highest BCUT2D eigenvalue weighted by Gasteiger charge is 2.38. The van der Waals surface area contributed by atoms with Crippen LogP contribution >= 0.6 is 0 Å². The molecule has 0 saturated heterocycles. The van der Waals surface area contributed by atoms with Crippen LogP contribution in [0.1, 0.15) is 102 Å². The van der Waals surface area contributed by atoms with Gasteiger partial charge < -0.3 is 14.2 Å². The van der Waals surface area contributed by atoms with Gasteiger partial charge in [0.2, 0.25) is 11.6 Å². The number of rotatable bonds is 10. The summed E-state index contributed by atoms with van der Waals surface area (Å²) in [5.41, 5.74) is 1.37. The molecule has 0 aliphatic heterocycles. The minimum absolute atomic E-state index is 0.0569. The van der Waals surface area contributed by atoms with Crippen molar-refractivity contribution < 1.29 is 27.8 Å². The minimum atomic E-state index is -1.00. The largest absolute Gasteiger partial charge is 0.491 e. The van der Waals surface area contributed by atoms with E-state index in [4.69, 9.17) is 14.2 Å². The van der Waals surface area contributed by atoms with E-state index in [0.717, 1.165) is 44.4 Å². The molecule has 3 fully saturated rings. The first-order chi connectivity index (χ1) is 19.9. The fourth-order valence-corrected chi connectivity index (χ4v) is 7.65. The maximum absolute atomic E-state index is 14.4. The van der Waals surface area contributed by atoms with E-state index >= 15 is 0 Å². The fraction of sp³-hybridized carbons (Fsp3) is 0.629. The van der Waals surface area contributed by atoms with Gasteiger partial charge in [0, 0.05) is 0 Å². The van der Waals surface area contributed by atoms with Crippen molar-refractivity contribution in [2.45, 2.75) is 96.8 Å². The first-order valence-corrected chi connectivity index (χ1v) is 16.0. The third-order valence-electron chi connectivity index (χ3n) is 9.95. The third-order valence-corrected chi connectivity index (χ3v) is 9.95. The molecule has 3 aliphatic carbocycles. The Morgan fingerprint density at radius 2 is 1.39 bits per heavy atom. The van der Waals surface area contributed by atoms with Crippen LogP contribution in [-0.4, -0.2) is 19.2 Å². The van der Waals surface area contributed by atoms with Crippen molar-refractivity contribution >= 4 is 5.97 Å². The van der Waals surface area contributed by atoms with Crippen molar-refractivity contribution in [3.05, 3.63) is 53.6 Å². The summed E-state index contributed by atoms with van der Waals surface area (Å²) in [6, 6.07) is 11.1. The zero-order chi connectivity index (χ0) is 28.8. The lowest BCUT2D eigenvalue weighted by Gasteiger charge is -2.41. The summed E-state index contributed by atoms with van der Waals surface area (Å²) in [6.07, 6.45) is 13.5. The van der Waals surface area contributed by atoms with Crippen LogP contribution in [0, 0.1) is 41.2 Å². The van der Waals surface area contributed by atoms with Crippen molar-refractivity contribution in [2.75, 3.05) is 13.2 Å². The van der Waals surface area contributed by atoms with Crippen LogP contribution in [0.2, 0.25) is 0 Å². The Morgan fingerprint density at radius 1 is 0.756 bits per heavy atom. The van der Waals surface area contributed by atoms with Crippen LogP contribution in [0.3, 0.4) is 0 Å². The van der Waals surface area contributed by atoms with Gasteiger partial charge >= 0.3 is 5.97 Å². The number of ether oxygens (including phenoxy) is 3. The van der Waals surface area contributed by atoms with Crippen molar-refractivity contribution in [1.82, 2.24) is 0 Å². The monoisotopic (exact) mass is 568 g/mol. The smallest absolute Gasteiger partial charge is 0.314 e. The van der Waals surface area contributed by atoms with E-state index in [-0.39, 0.29) is 30.0 Å². The van der Waals surface area contributed by atoms with Gasteiger partial charge in [-0.25, -0.2) is 0 Å². The zero-order valence-corrected chi connectivity index (χ0v) is 24.7. The lowest BCUT2D eigenvalue weighted by atomic mass is 9.65. The van der Waals surface area contributed by atoms with Crippen LogP contribution < -0.4 is 14.2 Å². The highest BCUT2D eigenvalue weighted by Crippen LogP contribution is 2.45. The highest BCUT2D eigenvalue weighted by atomic mass is 19.2. The van der Waals surface area contributed by atoms with Crippen LogP contribution in [0.15, 0.2) is 36.4 Å². The van der Waals surface area contributed by atoms with Crippen molar-refractivity contribution in [3.63, 3.8) is 0 Å². The van der Waals surface area contributed by atoms with Gasteiger partial charge in [0.1, 0.15) is 5.75 Å². The van der Waals surface area contributed by atoms with Gasteiger partial charge in [-0.15, -0.1) is 0 Å². The molecular formula is C35H46F2O4. The van der Waals surface area contributed by atoms with E-state index in [1.165, 1.54) is 56.2 Å². The second-order valence-electron chi connectivity index (χ2n) is 12.6. The number of hydrogen-bond acceptors (Lipinski definition) is 4. The van der Waals surface area contributed by atoms with Gasteiger partial charge in [-0.2, -0.15) is 8.78 Å². The molecule has 3 saturated carbocycles. The Balaban J connectivity index is 1.06. The van der Waals surface area contributed by atoms with E-state index in [1.807, 2.05) is 12.1 Å². The van der Waals surface area contributed by atoms with Crippen LogP contribution in [-0.2, 0) is 4.79 Å². The van der Waals surface area contributed by atoms with Crippen LogP contribution in [0.5, 0.6) is 17.2 Å². The molecule has 3 aliphatic rings. The summed E-state index contributed by atoms with van der Waals surface area (Å²) < 4.78 is 45.3. The number of carbonyl (C=O) groups is 1. The molecule has 0 radical (unpaired) electrons. The maximum atomic E-state index is 14.4. The molecule has 41 heavy (non-hydrogen) atoms. The van der Waals surface area contributed by atoms with Gasteiger partial charge in [0.05, 0.1) is 19.1 Å². The predicted octanol–water partition coefficient (Wildman–Crippen LogP) is 9.25. The molecule has 4 unspecified atom stereocenters. The molecule has 0 N–H and O–H groups in total. The Labute approximate surface area is 244 Å². The van der Waals surface area contributed by atoms with Crippen molar-refractivity contribution in [3.8, 4) is 17.2 Å². The van der Waals surface area contributed by atoms with E-state index in [9.17, 15) is 13.6 Å². The van der Waals surface area contributed by atoms with Crippen LogP contribution in [0.4, 0.5) is 8.78 Å². The molecule has 0 amide bonds. The molecule has 2 aromatic carbocycles. The molecule has 0 bridgehead atoms. The third kappa shape index (κ3) is 7.42. The first-order valence-electron chi connectivity index (χ1n) is 16.0. The van der Waals surface area contributed by atoms with Crippen molar-refractivity contribution in [2.24, 2.45) is 29.6 Å². The molecule has 4 nitrogen and oxygen atoms in total. The molecule has 224 valence electrons. The Kier molecular flexibility index (Phi) is 10.2. The zero-order valence-electron chi connectivity index (χ0n) is 24.7. The maximum Gasteiger partial charge on any atom is 0.314 e. The summed E-state index contributed by atoms with van der Waals surface area (Å²) >= 11 is 0. The number of benzene rings is 2. The fourth-order valence-electron chi connectivity index (χ4n) is 7.65.